The zero-order valence-electron chi connectivity index (χ0n) is 9.77. The molecule has 5 nitrogen and oxygen atoms in total. The van der Waals surface area contributed by atoms with Crippen molar-refractivity contribution in [2.45, 2.75) is 6.92 Å². The Bertz CT molecular complexity index is 548. The molecule has 2 rings (SSSR count). The molecular formula is C12H15NO4. The maximum Gasteiger partial charge on any atom is 0.359 e. The van der Waals surface area contributed by atoms with Crippen molar-refractivity contribution >= 4 is 16.7 Å². The molecular weight excluding hydrogens is 222 g/mol. The van der Waals surface area contributed by atoms with Gasteiger partial charge in [0.1, 0.15) is 17.0 Å². The lowest BCUT2D eigenvalue weighted by Gasteiger charge is -2.01. The molecule has 1 aromatic heterocycles. The van der Waals surface area contributed by atoms with Crippen molar-refractivity contribution < 1.29 is 14.3 Å². The molecule has 1 aromatic carbocycles. The average Bonchev–Trinajstić information content (AvgIpc) is 2.31. The molecule has 1 heterocycles. The van der Waals surface area contributed by atoms with Gasteiger partial charge in [-0.3, -0.25) is 0 Å². The highest BCUT2D eigenvalue weighted by atomic mass is 16.5. The molecule has 0 unspecified atom stereocenters. The molecule has 0 aliphatic rings. The second kappa shape index (κ2) is 5.91. The Morgan fingerprint density at radius 3 is 2.65 bits per heavy atom. The number of benzene rings is 1. The molecule has 5 heteroatoms. The van der Waals surface area contributed by atoms with Crippen molar-refractivity contribution in [1.82, 2.24) is 0 Å². The van der Waals surface area contributed by atoms with Crippen LogP contribution in [0.2, 0.25) is 0 Å². The summed E-state index contributed by atoms with van der Waals surface area (Å²) in [5, 5.41) is 8.35. The summed E-state index contributed by atoms with van der Waals surface area (Å²) in [4.78, 5) is 11.1. The van der Waals surface area contributed by atoms with Crippen molar-refractivity contribution in [3.8, 4) is 5.75 Å². The number of nitrogen functional groups attached to an aromatic ring is 1. The number of rotatable bonds is 1. The van der Waals surface area contributed by atoms with Crippen LogP contribution in [-0.4, -0.2) is 18.8 Å². The minimum atomic E-state index is -0.522. The zero-order valence-corrected chi connectivity index (χ0v) is 9.77. The molecule has 3 N–H and O–H groups in total. The Morgan fingerprint density at radius 1 is 1.41 bits per heavy atom. The molecule has 0 radical (unpaired) electrons. The number of hydrogen-bond acceptors (Lipinski definition) is 5. The fourth-order valence-corrected chi connectivity index (χ4v) is 1.23. The lowest BCUT2D eigenvalue weighted by molar-refractivity contribution is 0.318. The summed E-state index contributed by atoms with van der Waals surface area (Å²) in [5.41, 5.74) is 5.49. The zero-order chi connectivity index (χ0) is 12.8. The number of fused-ring (bicyclic) bond motifs is 1. The van der Waals surface area contributed by atoms with Gasteiger partial charge in [-0.2, -0.15) is 0 Å². The molecule has 0 atom stereocenters. The highest BCUT2D eigenvalue weighted by molar-refractivity contribution is 5.80. The topological polar surface area (TPSA) is 85.7 Å². The van der Waals surface area contributed by atoms with E-state index in [-0.39, 0.29) is 12.3 Å². The number of nitrogens with two attached hydrogens (primary N) is 1. The first-order valence-corrected chi connectivity index (χ1v) is 5.10. The van der Waals surface area contributed by atoms with Crippen molar-refractivity contribution in [2.24, 2.45) is 0 Å². The van der Waals surface area contributed by atoms with Crippen LogP contribution in [0.5, 0.6) is 5.75 Å². The molecule has 0 bridgehead atoms. The molecule has 0 spiro atoms. The van der Waals surface area contributed by atoms with Gasteiger partial charge in [-0.1, -0.05) is 0 Å². The van der Waals surface area contributed by atoms with E-state index in [0.717, 1.165) is 5.39 Å². The van der Waals surface area contributed by atoms with Gasteiger partial charge in [0.05, 0.1) is 7.11 Å². The van der Waals surface area contributed by atoms with Gasteiger partial charge in [-0.15, -0.1) is 0 Å². The fraction of sp³-hybridized carbons (Fsp3) is 0.250. The molecule has 0 saturated heterocycles. The van der Waals surface area contributed by atoms with Crippen LogP contribution in [0.1, 0.15) is 6.92 Å². The Hall–Kier alpha value is -2.01. The fourth-order valence-electron chi connectivity index (χ4n) is 1.23. The molecule has 0 aliphatic carbocycles. The summed E-state index contributed by atoms with van der Waals surface area (Å²) < 4.78 is 9.97. The third-order valence-corrected chi connectivity index (χ3v) is 1.97. The van der Waals surface area contributed by atoms with Crippen molar-refractivity contribution in [3.05, 3.63) is 34.7 Å². The summed E-state index contributed by atoms with van der Waals surface area (Å²) in [6.07, 6.45) is 0. The Balaban J connectivity index is 0.000000437. The van der Waals surface area contributed by atoms with E-state index in [0.29, 0.717) is 11.3 Å². The first-order valence-electron chi connectivity index (χ1n) is 5.10. The van der Waals surface area contributed by atoms with Crippen molar-refractivity contribution in [3.63, 3.8) is 0 Å². The van der Waals surface area contributed by atoms with E-state index in [1.54, 1.807) is 38.3 Å². The standard InChI is InChI=1S/C10H9NO3.C2H6O/c1-13-7-3-2-6-4-8(11)10(12)14-9(6)5-7;1-2-3/h2-5H,11H2,1H3;3H,2H2,1H3. The number of methoxy groups -OCH3 is 1. The monoisotopic (exact) mass is 237 g/mol. The first kappa shape index (κ1) is 13.1. The predicted molar refractivity (Wildman–Crippen MR) is 66.2 cm³/mol. The molecule has 0 aliphatic heterocycles. The quantitative estimate of drug-likeness (QED) is 0.732. The maximum atomic E-state index is 11.1. The van der Waals surface area contributed by atoms with Crippen LogP contribution < -0.4 is 16.1 Å². The number of ether oxygens (including phenoxy) is 1. The van der Waals surface area contributed by atoms with E-state index in [4.69, 9.17) is 20.0 Å². The van der Waals surface area contributed by atoms with Crippen LogP contribution in [0.25, 0.3) is 11.0 Å². The van der Waals surface area contributed by atoms with Gasteiger partial charge >= 0.3 is 5.63 Å². The molecule has 17 heavy (non-hydrogen) atoms. The average molecular weight is 237 g/mol. The van der Waals surface area contributed by atoms with E-state index in [9.17, 15) is 4.79 Å². The van der Waals surface area contributed by atoms with Gasteiger partial charge in [-0.05, 0) is 25.1 Å². The Morgan fingerprint density at radius 2 is 2.06 bits per heavy atom. The lowest BCUT2D eigenvalue weighted by atomic mass is 10.2. The van der Waals surface area contributed by atoms with Crippen molar-refractivity contribution in [1.29, 1.82) is 0 Å². The van der Waals surface area contributed by atoms with Crippen LogP contribution in [0, 0.1) is 0 Å². The summed E-state index contributed by atoms with van der Waals surface area (Å²) in [5.74, 6) is 0.644. The van der Waals surface area contributed by atoms with Crippen LogP contribution in [0.15, 0.2) is 33.5 Å². The van der Waals surface area contributed by atoms with Gasteiger partial charge in [0.25, 0.3) is 0 Å². The van der Waals surface area contributed by atoms with Crippen molar-refractivity contribution in [2.75, 3.05) is 19.5 Å². The maximum absolute atomic E-state index is 11.1. The predicted octanol–water partition coefficient (Wildman–Crippen LogP) is 1.38. The SMILES string of the molecule is CCO.COc1ccc2cc(N)c(=O)oc2c1. The highest BCUT2D eigenvalue weighted by Gasteiger charge is 2.02. The minimum Gasteiger partial charge on any atom is -0.497 e. The van der Waals surface area contributed by atoms with Gasteiger partial charge in [0.15, 0.2) is 0 Å². The van der Waals surface area contributed by atoms with Crippen LogP contribution in [-0.2, 0) is 0 Å². The summed E-state index contributed by atoms with van der Waals surface area (Å²) >= 11 is 0. The van der Waals surface area contributed by atoms with Gasteiger partial charge in [0.2, 0.25) is 0 Å². The summed E-state index contributed by atoms with van der Waals surface area (Å²) in [6.45, 7) is 1.93. The van der Waals surface area contributed by atoms with Gasteiger partial charge in [-0.25, -0.2) is 4.79 Å². The van der Waals surface area contributed by atoms with E-state index in [1.165, 1.54) is 0 Å². The normalized spacial score (nSPS) is 9.59. The smallest absolute Gasteiger partial charge is 0.359 e. The molecule has 0 fully saturated rings. The highest BCUT2D eigenvalue weighted by Crippen LogP contribution is 2.20. The third-order valence-electron chi connectivity index (χ3n) is 1.97. The van der Waals surface area contributed by atoms with E-state index in [1.807, 2.05) is 0 Å². The molecule has 2 aromatic rings. The van der Waals surface area contributed by atoms with Gasteiger partial charge < -0.3 is 20.0 Å². The lowest BCUT2D eigenvalue weighted by Crippen LogP contribution is -2.05. The minimum absolute atomic E-state index is 0.114. The van der Waals surface area contributed by atoms with E-state index >= 15 is 0 Å². The largest absolute Gasteiger partial charge is 0.497 e. The third kappa shape index (κ3) is 3.22. The van der Waals surface area contributed by atoms with E-state index < -0.39 is 5.63 Å². The van der Waals surface area contributed by atoms with Crippen LogP contribution in [0.4, 0.5) is 5.69 Å². The Kier molecular flexibility index (Phi) is 4.54. The molecule has 92 valence electrons. The first-order chi connectivity index (χ1) is 8.12. The number of anilines is 1. The second-order valence-corrected chi connectivity index (χ2v) is 3.21. The van der Waals surface area contributed by atoms with Crippen LogP contribution in [0.3, 0.4) is 0 Å². The summed E-state index contributed by atoms with van der Waals surface area (Å²) in [6, 6.07) is 6.80. The van der Waals surface area contributed by atoms with Crippen LogP contribution >= 0.6 is 0 Å². The number of aliphatic hydroxyl groups excluding tert-OH is 1. The molecule has 0 amide bonds. The summed E-state index contributed by atoms with van der Waals surface area (Å²) in [7, 11) is 1.55. The van der Waals surface area contributed by atoms with Gasteiger partial charge in [0, 0.05) is 18.1 Å². The number of hydrogen-bond donors (Lipinski definition) is 2. The second-order valence-electron chi connectivity index (χ2n) is 3.21. The molecule has 0 saturated carbocycles. The Labute approximate surface area is 98.4 Å². The van der Waals surface area contributed by atoms with E-state index in [2.05, 4.69) is 0 Å². The number of aliphatic hydroxyl groups is 1.